The van der Waals surface area contributed by atoms with E-state index in [9.17, 15) is 26.0 Å². The highest BCUT2D eigenvalue weighted by atomic mass is 32.2. The molecular weight excluding hydrogens is 396 g/mol. The van der Waals surface area contributed by atoms with Crippen LogP contribution in [0.4, 0.5) is 23.2 Å². The minimum Gasteiger partial charge on any atom is -0.367 e. The number of hydrogen-bond donors (Lipinski definition) is 0. The van der Waals surface area contributed by atoms with Gasteiger partial charge in [0.1, 0.15) is 21.8 Å². The van der Waals surface area contributed by atoms with E-state index in [1.165, 1.54) is 16.2 Å². The molecule has 1 aromatic carbocycles. The molecule has 26 heavy (non-hydrogen) atoms. The summed E-state index contributed by atoms with van der Waals surface area (Å²) in [5.41, 5.74) is -4.94. The van der Waals surface area contributed by atoms with Crippen molar-refractivity contribution in [1.29, 1.82) is 0 Å². The van der Waals surface area contributed by atoms with Gasteiger partial charge in [0.25, 0.3) is 9.84 Å². The monoisotopic (exact) mass is 410 g/mol. The Morgan fingerprint density at radius 3 is 2.69 bits per heavy atom. The number of alkyl halides is 3. The normalized spacial score (nSPS) is 19.0. The van der Waals surface area contributed by atoms with Gasteiger partial charge in [0.2, 0.25) is 0 Å². The first-order valence-corrected chi connectivity index (χ1v) is 9.85. The van der Waals surface area contributed by atoms with Gasteiger partial charge in [-0.2, -0.15) is 13.2 Å². The molecule has 1 atom stereocenters. The zero-order chi connectivity index (χ0) is 19.1. The molecule has 1 aromatic heterocycles. The van der Waals surface area contributed by atoms with Crippen LogP contribution >= 0.6 is 11.3 Å². The van der Waals surface area contributed by atoms with Gasteiger partial charge >= 0.3 is 5.51 Å². The van der Waals surface area contributed by atoms with Crippen molar-refractivity contribution in [2.45, 2.75) is 23.4 Å². The number of nitrogens with zero attached hydrogens (tertiary/aromatic N) is 2. The fourth-order valence-corrected chi connectivity index (χ4v) is 4.45. The number of anilines is 1. The molecule has 1 saturated heterocycles. The van der Waals surface area contributed by atoms with Crippen molar-refractivity contribution in [3.63, 3.8) is 0 Å². The first kappa shape index (κ1) is 19.1. The summed E-state index contributed by atoms with van der Waals surface area (Å²) >= 11 is 1.35. The highest BCUT2D eigenvalue weighted by Crippen LogP contribution is 2.38. The Morgan fingerprint density at radius 1 is 1.35 bits per heavy atom. The second-order valence-electron chi connectivity index (χ2n) is 5.69. The summed E-state index contributed by atoms with van der Waals surface area (Å²) < 4.78 is 81.8. The predicted octanol–water partition coefficient (Wildman–Crippen LogP) is 3.46. The van der Waals surface area contributed by atoms with Crippen LogP contribution in [0.1, 0.15) is 16.8 Å². The molecule has 0 aliphatic carbocycles. The predicted molar refractivity (Wildman–Crippen MR) is 87.4 cm³/mol. The van der Waals surface area contributed by atoms with Gasteiger partial charge < -0.3 is 9.64 Å². The van der Waals surface area contributed by atoms with Gasteiger partial charge in [0, 0.05) is 17.6 Å². The first-order chi connectivity index (χ1) is 12.1. The topological polar surface area (TPSA) is 59.5 Å². The van der Waals surface area contributed by atoms with Gasteiger partial charge in [-0.3, -0.25) is 0 Å². The lowest BCUT2D eigenvalue weighted by Gasteiger charge is -2.34. The van der Waals surface area contributed by atoms with Crippen LogP contribution in [0.3, 0.4) is 0 Å². The lowest BCUT2D eigenvalue weighted by molar-refractivity contribution is -0.0436. The van der Waals surface area contributed by atoms with Crippen molar-refractivity contribution in [3.8, 4) is 0 Å². The fraction of sp³-hybridized carbons (Fsp3) is 0.400. The van der Waals surface area contributed by atoms with Crippen molar-refractivity contribution >= 4 is 26.9 Å². The molecule has 0 saturated carbocycles. The third kappa shape index (κ3) is 3.55. The van der Waals surface area contributed by atoms with Gasteiger partial charge in [0.15, 0.2) is 0 Å². The summed E-state index contributed by atoms with van der Waals surface area (Å²) in [4.78, 5) is 4.65. The number of thiazole rings is 1. The number of morpholine rings is 1. The maximum atomic E-state index is 13.5. The smallest absolute Gasteiger partial charge is 0.367 e. The Balaban J connectivity index is 1.99. The Hall–Kier alpha value is -1.72. The number of ether oxygens (including phenoxy) is 1. The zero-order valence-electron chi connectivity index (χ0n) is 13.5. The molecule has 2 aromatic rings. The van der Waals surface area contributed by atoms with E-state index in [0.29, 0.717) is 11.1 Å². The quantitative estimate of drug-likeness (QED) is 0.726. The van der Waals surface area contributed by atoms with Gasteiger partial charge in [0.05, 0.1) is 18.8 Å². The van der Waals surface area contributed by atoms with E-state index in [-0.39, 0.29) is 25.4 Å². The number of rotatable bonds is 3. The van der Waals surface area contributed by atoms with E-state index in [1.54, 1.807) is 6.92 Å². The summed E-state index contributed by atoms with van der Waals surface area (Å²) in [6.07, 6.45) is -0.506. The Morgan fingerprint density at radius 2 is 2.08 bits per heavy atom. The van der Waals surface area contributed by atoms with Gasteiger partial charge in [-0.05, 0) is 25.1 Å². The van der Waals surface area contributed by atoms with E-state index in [2.05, 4.69) is 4.98 Å². The maximum absolute atomic E-state index is 13.5. The van der Waals surface area contributed by atoms with E-state index < -0.39 is 32.2 Å². The molecule has 0 spiro atoms. The van der Waals surface area contributed by atoms with E-state index in [4.69, 9.17) is 4.74 Å². The molecule has 0 amide bonds. The Bertz CT molecular complexity index is 912. The molecule has 2 heterocycles. The Kier molecular flexibility index (Phi) is 4.97. The molecule has 1 aliphatic rings. The fourth-order valence-electron chi connectivity index (χ4n) is 2.63. The summed E-state index contributed by atoms with van der Waals surface area (Å²) in [6.45, 7) is 2.26. The van der Waals surface area contributed by atoms with Crippen molar-refractivity contribution in [2.24, 2.45) is 0 Å². The van der Waals surface area contributed by atoms with Gasteiger partial charge in [-0.15, -0.1) is 11.3 Å². The highest BCUT2D eigenvalue weighted by Gasteiger charge is 2.48. The molecule has 1 unspecified atom stereocenters. The largest absolute Gasteiger partial charge is 0.501 e. The number of aryl methyl sites for hydroxylation is 1. The first-order valence-electron chi connectivity index (χ1n) is 7.49. The lowest BCUT2D eigenvalue weighted by atomic mass is 10.2. The van der Waals surface area contributed by atoms with Crippen molar-refractivity contribution in [3.05, 3.63) is 40.1 Å². The molecule has 11 heteroatoms. The van der Waals surface area contributed by atoms with Crippen LogP contribution in [0.15, 0.2) is 28.5 Å². The van der Waals surface area contributed by atoms with E-state index >= 15 is 0 Å². The number of sulfone groups is 1. The van der Waals surface area contributed by atoms with E-state index in [0.717, 1.165) is 17.8 Å². The van der Waals surface area contributed by atoms with Crippen molar-refractivity contribution in [1.82, 2.24) is 4.98 Å². The third-order valence-electron chi connectivity index (χ3n) is 3.84. The van der Waals surface area contributed by atoms with Crippen molar-refractivity contribution < 1.29 is 30.7 Å². The molecule has 0 bridgehead atoms. The third-order valence-corrected chi connectivity index (χ3v) is 6.41. The number of aromatic nitrogens is 1. The van der Waals surface area contributed by atoms with E-state index in [1.807, 2.05) is 5.38 Å². The Labute approximate surface area is 151 Å². The molecule has 0 N–H and O–H groups in total. The molecule has 3 rings (SSSR count). The van der Waals surface area contributed by atoms with Crippen LogP contribution in [0.2, 0.25) is 0 Å². The second kappa shape index (κ2) is 6.78. The second-order valence-corrected chi connectivity index (χ2v) is 8.49. The van der Waals surface area contributed by atoms with Crippen LogP contribution in [-0.4, -0.2) is 38.6 Å². The van der Waals surface area contributed by atoms with Crippen molar-refractivity contribution in [2.75, 3.05) is 24.6 Å². The summed E-state index contributed by atoms with van der Waals surface area (Å²) in [5.74, 6) is -1.06. The van der Waals surface area contributed by atoms with Crippen LogP contribution < -0.4 is 4.90 Å². The number of benzene rings is 1. The highest BCUT2D eigenvalue weighted by molar-refractivity contribution is 7.92. The maximum Gasteiger partial charge on any atom is 0.501 e. The van der Waals surface area contributed by atoms with Gasteiger partial charge in [-0.25, -0.2) is 17.8 Å². The van der Waals surface area contributed by atoms with Gasteiger partial charge in [-0.1, -0.05) is 0 Å². The summed E-state index contributed by atoms with van der Waals surface area (Å²) in [7, 11) is -5.69. The number of halogens is 4. The minimum absolute atomic E-state index is 0.110. The molecule has 0 radical (unpaired) electrons. The summed E-state index contributed by atoms with van der Waals surface area (Å²) in [6, 6.07) is 2.38. The summed E-state index contributed by atoms with van der Waals surface area (Å²) in [5, 5.41) is 2.46. The van der Waals surface area contributed by atoms with Crippen LogP contribution in [0.5, 0.6) is 0 Å². The average molecular weight is 410 g/mol. The molecule has 5 nitrogen and oxygen atoms in total. The molecule has 142 valence electrons. The van der Waals surface area contributed by atoms with Crippen LogP contribution in [-0.2, 0) is 14.6 Å². The minimum atomic E-state index is -5.69. The molecular formula is C15H14F4N2O3S2. The lowest BCUT2D eigenvalue weighted by Crippen LogP contribution is -2.39. The molecule has 1 aliphatic heterocycles. The molecule has 1 fully saturated rings. The zero-order valence-corrected chi connectivity index (χ0v) is 15.1. The standard InChI is InChI=1S/C15H14F4N2O3S2/c1-9-8-25-14(20-9)12-7-21(4-5-24-12)11-3-2-10(16)6-13(11)26(22,23)15(17,18)19/h2-3,6,8,12H,4-5,7H2,1H3. The van der Waals surface area contributed by atoms with Crippen LogP contribution in [0.25, 0.3) is 0 Å². The SMILES string of the molecule is Cc1csc(C2CN(c3ccc(F)cc3S(=O)(=O)C(F)(F)F)CCO2)n1. The number of hydrogen-bond acceptors (Lipinski definition) is 6. The average Bonchev–Trinajstić information content (AvgIpc) is 3.00. The van der Waals surface area contributed by atoms with Crippen LogP contribution in [0, 0.1) is 12.7 Å².